The highest BCUT2D eigenvalue weighted by Crippen LogP contribution is 2.28. The molecule has 3 rings (SSSR count). The van der Waals surface area contributed by atoms with Crippen LogP contribution in [0.1, 0.15) is 34.0 Å². The molecule has 178 valence electrons. The molecule has 0 radical (unpaired) electrons. The Balaban J connectivity index is 1.89. The predicted octanol–water partition coefficient (Wildman–Crippen LogP) is 4.62. The number of ether oxygens (including phenoxy) is 1. The molecule has 0 aliphatic heterocycles. The zero-order valence-corrected chi connectivity index (χ0v) is 20.5. The maximum absolute atomic E-state index is 13.5. The van der Waals surface area contributed by atoms with E-state index in [0.29, 0.717) is 16.9 Å². The largest absolute Gasteiger partial charge is 0.462 e. The maximum atomic E-state index is 13.5. The third-order valence-corrected chi connectivity index (χ3v) is 6.97. The number of carbonyl (C=O) groups is 2. The quantitative estimate of drug-likeness (QED) is 0.475. The maximum Gasteiger partial charge on any atom is 0.338 e. The molecule has 0 aliphatic rings. The minimum atomic E-state index is -4.01. The molecule has 3 aromatic carbocycles. The van der Waals surface area contributed by atoms with Crippen molar-refractivity contribution in [2.24, 2.45) is 0 Å². The van der Waals surface area contributed by atoms with E-state index in [4.69, 9.17) is 4.74 Å². The number of aryl methyl sites for hydroxylation is 3. The van der Waals surface area contributed by atoms with Crippen molar-refractivity contribution in [3.05, 3.63) is 89.0 Å². The highest BCUT2D eigenvalue weighted by atomic mass is 32.2. The van der Waals surface area contributed by atoms with E-state index < -0.39 is 28.4 Å². The van der Waals surface area contributed by atoms with Gasteiger partial charge in [0, 0.05) is 5.69 Å². The van der Waals surface area contributed by atoms with Crippen molar-refractivity contribution in [1.82, 2.24) is 0 Å². The standard InChI is InChI=1S/C26H28N2O5S/c1-5-33-26(30)21-9-11-22(12-10-21)27-25(29)17-28(24-15-8-19(3)16-20(24)4)34(31,32)23-13-6-18(2)7-14-23/h6-16H,5,17H2,1-4H3,(H,27,29). The monoisotopic (exact) mass is 480 g/mol. The van der Waals surface area contributed by atoms with Gasteiger partial charge in [0.05, 0.1) is 22.8 Å². The molecule has 3 aromatic rings. The van der Waals surface area contributed by atoms with Gasteiger partial charge in [0.2, 0.25) is 5.91 Å². The molecule has 0 saturated heterocycles. The van der Waals surface area contributed by atoms with Crippen molar-refractivity contribution in [2.45, 2.75) is 32.6 Å². The molecule has 0 spiro atoms. The minimum absolute atomic E-state index is 0.102. The van der Waals surface area contributed by atoms with Crippen LogP contribution in [-0.2, 0) is 19.6 Å². The molecule has 1 amide bonds. The molecule has 0 saturated carbocycles. The fourth-order valence-corrected chi connectivity index (χ4v) is 4.94. The molecule has 34 heavy (non-hydrogen) atoms. The lowest BCUT2D eigenvalue weighted by Gasteiger charge is -2.26. The Morgan fingerprint density at radius 3 is 2.09 bits per heavy atom. The summed E-state index contributed by atoms with van der Waals surface area (Å²) in [7, 11) is -4.01. The number of benzene rings is 3. The summed E-state index contributed by atoms with van der Waals surface area (Å²) >= 11 is 0. The van der Waals surface area contributed by atoms with Crippen molar-refractivity contribution < 1.29 is 22.7 Å². The average molecular weight is 481 g/mol. The van der Waals surface area contributed by atoms with Crippen molar-refractivity contribution >= 4 is 33.3 Å². The molecule has 8 heteroatoms. The Bertz CT molecular complexity index is 1280. The summed E-state index contributed by atoms with van der Waals surface area (Å²) < 4.78 is 33.2. The lowest BCUT2D eigenvalue weighted by Crippen LogP contribution is -2.38. The zero-order chi connectivity index (χ0) is 24.9. The first-order chi connectivity index (χ1) is 16.1. The fraction of sp³-hybridized carbons (Fsp3) is 0.231. The first kappa shape index (κ1) is 25.0. The van der Waals surface area contributed by atoms with Gasteiger partial charge < -0.3 is 10.1 Å². The number of anilines is 2. The van der Waals surface area contributed by atoms with Crippen LogP contribution in [0.15, 0.2) is 71.6 Å². The summed E-state index contributed by atoms with van der Waals surface area (Å²) in [6.07, 6.45) is 0. The Labute approximate surface area is 200 Å². The van der Waals surface area contributed by atoms with E-state index in [1.807, 2.05) is 32.9 Å². The van der Waals surface area contributed by atoms with Gasteiger partial charge in [-0.05, 0) is 75.7 Å². The summed E-state index contributed by atoms with van der Waals surface area (Å²) in [4.78, 5) is 24.8. The van der Waals surface area contributed by atoms with Crippen LogP contribution < -0.4 is 9.62 Å². The third-order valence-electron chi connectivity index (χ3n) is 5.20. The highest BCUT2D eigenvalue weighted by molar-refractivity contribution is 7.92. The third kappa shape index (κ3) is 5.82. The second-order valence-corrected chi connectivity index (χ2v) is 9.82. The topological polar surface area (TPSA) is 92.8 Å². The molecule has 0 aromatic heterocycles. The van der Waals surface area contributed by atoms with E-state index in [0.717, 1.165) is 21.0 Å². The first-order valence-electron chi connectivity index (χ1n) is 10.9. The Morgan fingerprint density at radius 1 is 0.882 bits per heavy atom. The molecule has 0 bridgehead atoms. The van der Waals surface area contributed by atoms with Crippen LogP contribution in [0.4, 0.5) is 11.4 Å². The lowest BCUT2D eigenvalue weighted by molar-refractivity contribution is -0.114. The summed E-state index contributed by atoms with van der Waals surface area (Å²) in [6, 6.07) is 18.1. The number of hydrogen-bond acceptors (Lipinski definition) is 5. The van der Waals surface area contributed by atoms with E-state index in [1.165, 1.54) is 12.1 Å². The Hall–Kier alpha value is -3.65. The second-order valence-electron chi connectivity index (χ2n) is 7.96. The minimum Gasteiger partial charge on any atom is -0.462 e. The van der Waals surface area contributed by atoms with E-state index in [-0.39, 0.29) is 11.5 Å². The number of rotatable bonds is 8. The van der Waals surface area contributed by atoms with E-state index >= 15 is 0 Å². The summed E-state index contributed by atoms with van der Waals surface area (Å²) in [5, 5.41) is 2.71. The van der Waals surface area contributed by atoms with Crippen LogP contribution in [-0.4, -0.2) is 33.4 Å². The number of sulfonamides is 1. The van der Waals surface area contributed by atoms with Gasteiger partial charge in [0.15, 0.2) is 0 Å². The number of esters is 1. The van der Waals surface area contributed by atoms with Crippen molar-refractivity contribution in [2.75, 3.05) is 22.8 Å². The number of carbonyl (C=O) groups excluding carboxylic acids is 2. The Kier molecular flexibility index (Phi) is 7.73. The molecular weight excluding hydrogens is 452 g/mol. The van der Waals surface area contributed by atoms with Crippen LogP contribution in [0.3, 0.4) is 0 Å². The van der Waals surface area contributed by atoms with E-state index in [9.17, 15) is 18.0 Å². The van der Waals surface area contributed by atoms with Gasteiger partial charge in [0.1, 0.15) is 6.54 Å². The summed E-state index contributed by atoms with van der Waals surface area (Å²) in [6.45, 7) is 7.17. The highest BCUT2D eigenvalue weighted by Gasteiger charge is 2.28. The normalized spacial score (nSPS) is 11.1. The molecule has 0 heterocycles. The van der Waals surface area contributed by atoms with Crippen LogP contribution >= 0.6 is 0 Å². The van der Waals surface area contributed by atoms with Crippen LogP contribution in [0.5, 0.6) is 0 Å². The summed E-state index contributed by atoms with van der Waals surface area (Å²) in [5.74, 6) is -0.967. The molecular formula is C26H28N2O5S. The zero-order valence-electron chi connectivity index (χ0n) is 19.7. The fourth-order valence-electron chi connectivity index (χ4n) is 3.46. The number of nitrogens with one attached hydrogen (secondary N) is 1. The number of nitrogens with zero attached hydrogens (tertiary/aromatic N) is 1. The molecule has 7 nitrogen and oxygen atoms in total. The van der Waals surface area contributed by atoms with Crippen LogP contribution in [0.25, 0.3) is 0 Å². The van der Waals surface area contributed by atoms with Gasteiger partial charge in [-0.3, -0.25) is 9.10 Å². The molecule has 0 fully saturated rings. The molecule has 0 unspecified atom stereocenters. The number of amides is 1. The average Bonchev–Trinajstić information content (AvgIpc) is 2.79. The van der Waals surface area contributed by atoms with Gasteiger partial charge in [-0.2, -0.15) is 0 Å². The van der Waals surface area contributed by atoms with Gasteiger partial charge >= 0.3 is 5.97 Å². The van der Waals surface area contributed by atoms with Gasteiger partial charge in [-0.25, -0.2) is 13.2 Å². The molecule has 0 aliphatic carbocycles. The SMILES string of the molecule is CCOC(=O)c1ccc(NC(=O)CN(c2ccc(C)cc2C)S(=O)(=O)c2ccc(C)cc2)cc1. The van der Waals surface area contributed by atoms with Crippen molar-refractivity contribution in [1.29, 1.82) is 0 Å². The Morgan fingerprint density at radius 2 is 1.50 bits per heavy atom. The van der Waals surface area contributed by atoms with Crippen LogP contribution in [0.2, 0.25) is 0 Å². The second kappa shape index (κ2) is 10.5. The molecule has 1 N–H and O–H groups in total. The molecule has 0 atom stereocenters. The van der Waals surface area contributed by atoms with Gasteiger partial charge in [0.25, 0.3) is 10.0 Å². The predicted molar refractivity (Wildman–Crippen MR) is 133 cm³/mol. The van der Waals surface area contributed by atoms with Crippen molar-refractivity contribution in [3.8, 4) is 0 Å². The summed E-state index contributed by atoms with van der Waals surface area (Å²) in [5.41, 5.74) is 3.88. The number of hydrogen-bond donors (Lipinski definition) is 1. The smallest absolute Gasteiger partial charge is 0.338 e. The van der Waals surface area contributed by atoms with E-state index in [1.54, 1.807) is 49.4 Å². The van der Waals surface area contributed by atoms with Crippen molar-refractivity contribution in [3.63, 3.8) is 0 Å². The first-order valence-corrected chi connectivity index (χ1v) is 12.3. The van der Waals surface area contributed by atoms with E-state index in [2.05, 4.69) is 5.32 Å². The van der Waals surface area contributed by atoms with Gasteiger partial charge in [-0.15, -0.1) is 0 Å². The van der Waals surface area contributed by atoms with Gasteiger partial charge in [-0.1, -0.05) is 35.4 Å². The lowest BCUT2D eigenvalue weighted by atomic mass is 10.1. The van der Waals surface area contributed by atoms with Crippen LogP contribution in [0, 0.1) is 20.8 Å².